The van der Waals surface area contributed by atoms with Crippen LogP contribution in [-0.2, 0) is 0 Å². The molecule has 0 aromatic heterocycles. The van der Waals surface area contributed by atoms with Gasteiger partial charge in [0.15, 0.2) is 11.6 Å². The predicted octanol–water partition coefficient (Wildman–Crippen LogP) is 3.94. The normalized spacial score (nSPS) is 11.6. The van der Waals surface area contributed by atoms with Gasteiger partial charge in [-0.1, -0.05) is 11.6 Å². The molecule has 2 nitrogen and oxygen atoms in total. The second-order valence-electron chi connectivity index (χ2n) is 4.63. The zero-order valence-electron chi connectivity index (χ0n) is 9.69. The van der Waals surface area contributed by atoms with E-state index in [2.05, 4.69) is 15.9 Å². The maximum Gasteiger partial charge on any atom is 0.165 e. The van der Waals surface area contributed by atoms with Crippen LogP contribution in [-0.4, -0.2) is 11.3 Å². The second kappa shape index (κ2) is 5.46. The molecule has 0 spiro atoms. The highest BCUT2D eigenvalue weighted by Gasteiger charge is 2.19. The lowest BCUT2D eigenvalue weighted by Gasteiger charge is -2.17. The summed E-state index contributed by atoms with van der Waals surface area (Å²) in [6.07, 6.45) is 0.706. The van der Waals surface area contributed by atoms with Gasteiger partial charge in [-0.15, -0.1) is 0 Å². The molecule has 0 saturated carbocycles. The van der Waals surface area contributed by atoms with Crippen molar-refractivity contribution in [3.8, 4) is 0 Å². The minimum absolute atomic E-state index is 0.0162. The molecule has 1 rings (SSSR count). The first-order chi connectivity index (χ1) is 7.72. The van der Waals surface area contributed by atoms with E-state index in [4.69, 9.17) is 17.3 Å². The first-order valence-corrected chi connectivity index (χ1v) is 6.35. The fourth-order valence-corrected chi connectivity index (χ4v) is 1.78. The highest BCUT2D eigenvalue weighted by molar-refractivity contribution is 9.10. The minimum atomic E-state index is -0.680. The monoisotopic (exact) mass is 321 g/mol. The first-order valence-electron chi connectivity index (χ1n) is 5.18. The van der Waals surface area contributed by atoms with Crippen LogP contribution in [0.5, 0.6) is 0 Å². The van der Waals surface area contributed by atoms with Crippen LogP contribution in [0.15, 0.2) is 16.6 Å². The average molecular weight is 323 g/mol. The number of hydrogen-bond donors (Lipinski definition) is 1. The first kappa shape index (κ1) is 14.6. The molecule has 0 bridgehead atoms. The Morgan fingerprint density at radius 3 is 2.65 bits per heavy atom. The Bertz CT molecular complexity index is 443. The molecule has 2 N–H and O–H groups in total. The van der Waals surface area contributed by atoms with E-state index in [1.807, 2.05) is 13.8 Å². The Balaban J connectivity index is 2.87. The number of rotatable bonds is 4. The van der Waals surface area contributed by atoms with E-state index < -0.39 is 11.4 Å². The third-order valence-corrected chi connectivity index (χ3v) is 3.59. The molecule has 0 saturated heterocycles. The van der Waals surface area contributed by atoms with Gasteiger partial charge in [0.05, 0.1) is 10.6 Å². The van der Waals surface area contributed by atoms with E-state index in [1.54, 1.807) is 6.07 Å². The zero-order chi connectivity index (χ0) is 13.2. The van der Waals surface area contributed by atoms with Crippen LogP contribution in [0, 0.1) is 5.82 Å². The van der Waals surface area contributed by atoms with E-state index in [-0.39, 0.29) is 22.8 Å². The summed E-state index contributed by atoms with van der Waals surface area (Å²) in [5, 5.41) is -0.0668. The predicted molar refractivity (Wildman–Crippen MR) is 70.9 cm³/mol. The van der Waals surface area contributed by atoms with Crippen molar-refractivity contribution >= 4 is 33.3 Å². The molecule has 17 heavy (non-hydrogen) atoms. The number of benzene rings is 1. The fourth-order valence-electron chi connectivity index (χ4n) is 1.31. The summed E-state index contributed by atoms with van der Waals surface area (Å²) < 4.78 is 14.2. The maximum absolute atomic E-state index is 13.7. The molecule has 0 heterocycles. The summed E-state index contributed by atoms with van der Waals surface area (Å²) in [4.78, 5) is 11.8. The van der Waals surface area contributed by atoms with Crippen LogP contribution < -0.4 is 5.73 Å². The van der Waals surface area contributed by atoms with Crippen molar-refractivity contribution in [1.29, 1.82) is 0 Å². The van der Waals surface area contributed by atoms with Gasteiger partial charge in [-0.05, 0) is 48.3 Å². The van der Waals surface area contributed by atoms with Crippen LogP contribution in [0.4, 0.5) is 4.39 Å². The number of Topliss-reactive ketones (excluding diaryl/α,β-unsaturated/α-hetero) is 1. The SMILES string of the molecule is CC(C)(N)CCC(=O)c1ccc(Br)c(Cl)c1F. The van der Waals surface area contributed by atoms with Crippen LogP contribution in [0.2, 0.25) is 5.02 Å². The lowest BCUT2D eigenvalue weighted by molar-refractivity contribution is 0.0968. The molecule has 94 valence electrons. The Labute approximate surface area is 113 Å². The number of hydrogen-bond acceptors (Lipinski definition) is 2. The van der Waals surface area contributed by atoms with Gasteiger partial charge >= 0.3 is 0 Å². The van der Waals surface area contributed by atoms with Crippen molar-refractivity contribution in [1.82, 2.24) is 0 Å². The summed E-state index contributed by atoms with van der Waals surface area (Å²) in [5.41, 5.74) is 5.35. The van der Waals surface area contributed by atoms with Gasteiger partial charge in [0.2, 0.25) is 0 Å². The lowest BCUT2D eigenvalue weighted by atomic mass is 9.96. The van der Waals surface area contributed by atoms with Gasteiger partial charge < -0.3 is 5.73 Å². The number of carbonyl (C=O) groups is 1. The quantitative estimate of drug-likeness (QED) is 0.674. The Kier molecular flexibility index (Phi) is 4.69. The van der Waals surface area contributed by atoms with Crippen LogP contribution in [0.1, 0.15) is 37.0 Å². The van der Waals surface area contributed by atoms with Crippen LogP contribution in [0.3, 0.4) is 0 Å². The molecule has 0 unspecified atom stereocenters. The molecule has 0 amide bonds. The fraction of sp³-hybridized carbons (Fsp3) is 0.417. The molecule has 5 heteroatoms. The molecule has 1 aromatic carbocycles. The molecule has 0 fully saturated rings. The molecule has 1 aromatic rings. The minimum Gasteiger partial charge on any atom is -0.326 e. The average Bonchev–Trinajstić information content (AvgIpc) is 2.22. The molecule has 0 atom stereocenters. The van der Waals surface area contributed by atoms with Gasteiger partial charge in [-0.3, -0.25) is 4.79 Å². The Hall–Kier alpha value is -0.450. The lowest BCUT2D eigenvalue weighted by Crippen LogP contribution is -2.32. The number of halogens is 3. The van der Waals surface area contributed by atoms with Crippen molar-refractivity contribution in [3.63, 3.8) is 0 Å². The van der Waals surface area contributed by atoms with Crippen molar-refractivity contribution in [2.45, 2.75) is 32.2 Å². The Morgan fingerprint density at radius 2 is 2.12 bits per heavy atom. The van der Waals surface area contributed by atoms with E-state index in [0.717, 1.165) is 0 Å². The smallest absolute Gasteiger partial charge is 0.165 e. The van der Waals surface area contributed by atoms with Crippen molar-refractivity contribution in [3.05, 3.63) is 33.0 Å². The van der Waals surface area contributed by atoms with Crippen molar-refractivity contribution in [2.75, 3.05) is 0 Å². The summed E-state index contributed by atoms with van der Waals surface area (Å²) in [6.45, 7) is 3.65. The summed E-state index contributed by atoms with van der Waals surface area (Å²) in [7, 11) is 0. The molecule has 0 radical (unpaired) electrons. The summed E-state index contributed by atoms with van der Waals surface area (Å²) in [6, 6.07) is 2.99. The topological polar surface area (TPSA) is 43.1 Å². The van der Waals surface area contributed by atoms with Crippen molar-refractivity contribution in [2.24, 2.45) is 5.73 Å². The number of nitrogens with two attached hydrogens (primary N) is 1. The maximum atomic E-state index is 13.7. The van der Waals surface area contributed by atoms with Gasteiger partial charge in [0.1, 0.15) is 0 Å². The van der Waals surface area contributed by atoms with Gasteiger partial charge in [0, 0.05) is 16.4 Å². The highest BCUT2D eigenvalue weighted by Crippen LogP contribution is 2.28. The van der Waals surface area contributed by atoms with E-state index in [1.165, 1.54) is 6.07 Å². The van der Waals surface area contributed by atoms with Crippen molar-refractivity contribution < 1.29 is 9.18 Å². The van der Waals surface area contributed by atoms with Gasteiger partial charge in [0.25, 0.3) is 0 Å². The summed E-state index contributed by atoms with van der Waals surface area (Å²) in [5.74, 6) is -0.962. The third kappa shape index (κ3) is 4.05. The number of ketones is 1. The number of carbonyl (C=O) groups excluding carboxylic acids is 1. The van der Waals surface area contributed by atoms with Gasteiger partial charge in [-0.25, -0.2) is 4.39 Å². The molecule has 0 aliphatic heterocycles. The van der Waals surface area contributed by atoms with Crippen LogP contribution in [0.25, 0.3) is 0 Å². The highest BCUT2D eigenvalue weighted by atomic mass is 79.9. The van der Waals surface area contributed by atoms with Gasteiger partial charge in [-0.2, -0.15) is 0 Å². The van der Waals surface area contributed by atoms with E-state index in [0.29, 0.717) is 10.9 Å². The van der Waals surface area contributed by atoms with Crippen LogP contribution >= 0.6 is 27.5 Å². The molecule has 0 aliphatic carbocycles. The molecular formula is C12H14BrClFNO. The molecule has 0 aliphatic rings. The van der Waals surface area contributed by atoms with E-state index in [9.17, 15) is 9.18 Å². The van der Waals surface area contributed by atoms with E-state index >= 15 is 0 Å². The summed E-state index contributed by atoms with van der Waals surface area (Å²) >= 11 is 8.81. The largest absolute Gasteiger partial charge is 0.326 e. The zero-order valence-corrected chi connectivity index (χ0v) is 12.0. The molecular weight excluding hydrogens is 308 g/mol. The Morgan fingerprint density at radius 1 is 1.53 bits per heavy atom. The third-order valence-electron chi connectivity index (χ3n) is 2.33. The standard InChI is InChI=1S/C12H14BrClFNO/c1-12(2,16)6-5-9(17)7-3-4-8(13)10(14)11(7)15/h3-4H,5-6,16H2,1-2H3. The second-order valence-corrected chi connectivity index (χ2v) is 5.87.